The summed E-state index contributed by atoms with van der Waals surface area (Å²) < 4.78 is 5.53. The van der Waals surface area contributed by atoms with Crippen LogP contribution < -0.4 is 16.2 Å². The molecule has 6 heteroatoms. The average Bonchev–Trinajstić information content (AvgIpc) is 2.30. The number of anilines is 2. The van der Waals surface area contributed by atoms with Gasteiger partial charge in [0.2, 0.25) is 0 Å². The Hall–Kier alpha value is -1.65. The second kappa shape index (κ2) is 4.69. The summed E-state index contributed by atoms with van der Waals surface area (Å²) in [6, 6.07) is 6.51. The van der Waals surface area contributed by atoms with Crippen LogP contribution in [0.1, 0.15) is 0 Å². The highest BCUT2D eigenvalue weighted by molar-refractivity contribution is 6.44. The number of nitrogens with zero attached hydrogens (tertiary/aromatic N) is 1. The third kappa shape index (κ3) is 2.54. The largest absolute Gasteiger partial charge is 0.456 e. The predicted molar refractivity (Wildman–Crippen MR) is 69.6 cm³/mol. The van der Waals surface area contributed by atoms with E-state index in [1.165, 1.54) is 6.20 Å². The maximum Gasteiger partial charge on any atom is 0.147 e. The molecule has 88 valence electrons. The lowest BCUT2D eigenvalue weighted by Gasteiger charge is -2.09. The molecule has 0 saturated heterocycles. The van der Waals surface area contributed by atoms with E-state index in [9.17, 15) is 0 Å². The highest BCUT2D eigenvalue weighted by atomic mass is 35.5. The van der Waals surface area contributed by atoms with Crippen molar-refractivity contribution < 1.29 is 4.74 Å². The molecular formula is C11H9Cl2N3O. The molecule has 4 nitrogen and oxygen atoms in total. The summed E-state index contributed by atoms with van der Waals surface area (Å²) in [5.74, 6) is 1.30. The van der Waals surface area contributed by atoms with E-state index in [1.807, 2.05) is 0 Å². The molecule has 0 fully saturated rings. The van der Waals surface area contributed by atoms with E-state index in [2.05, 4.69) is 4.98 Å². The lowest BCUT2D eigenvalue weighted by molar-refractivity contribution is 0.482. The molecule has 1 aromatic carbocycles. The number of ether oxygens (including phenoxy) is 1. The van der Waals surface area contributed by atoms with E-state index in [4.69, 9.17) is 39.4 Å². The summed E-state index contributed by atoms with van der Waals surface area (Å²) in [5, 5.41) is 0.535. The minimum atomic E-state index is 0.266. The molecule has 0 saturated carbocycles. The van der Waals surface area contributed by atoms with E-state index in [0.717, 1.165) is 0 Å². The number of rotatable bonds is 2. The number of hydrogen-bond donors (Lipinski definition) is 2. The van der Waals surface area contributed by atoms with Crippen molar-refractivity contribution >= 4 is 34.7 Å². The SMILES string of the molecule is Nc1cc(Oc2ccc(N)c(Cl)c2Cl)ccn1. The molecular weight excluding hydrogens is 261 g/mol. The molecule has 0 spiro atoms. The monoisotopic (exact) mass is 269 g/mol. The second-order valence-corrected chi connectivity index (χ2v) is 4.06. The minimum absolute atomic E-state index is 0.266. The van der Waals surface area contributed by atoms with Crippen LogP contribution in [0.25, 0.3) is 0 Å². The van der Waals surface area contributed by atoms with Gasteiger partial charge in [0.25, 0.3) is 0 Å². The minimum Gasteiger partial charge on any atom is -0.456 e. The predicted octanol–water partition coefficient (Wildman–Crippen LogP) is 3.35. The molecule has 1 heterocycles. The Morgan fingerprint density at radius 1 is 1.06 bits per heavy atom. The van der Waals surface area contributed by atoms with Crippen molar-refractivity contribution in [2.24, 2.45) is 0 Å². The average molecular weight is 270 g/mol. The lowest BCUT2D eigenvalue weighted by atomic mass is 10.3. The number of halogens is 2. The first kappa shape index (κ1) is 11.8. The zero-order valence-electron chi connectivity index (χ0n) is 8.65. The first-order valence-corrected chi connectivity index (χ1v) is 5.46. The molecule has 1 aromatic heterocycles. The van der Waals surface area contributed by atoms with Gasteiger partial charge in [-0.15, -0.1) is 0 Å². The number of aromatic nitrogens is 1. The summed E-state index contributed by atoms with van der Waals surface area (Å²) in [6.45, 7) is 0. The fourth-order valence-electron chi connectivity index (χ4n) is 1.24. The number of nitrogen functional groups attached to an aromatic ring is 2. The van der Waals surface area contributed by atoms with Crippen LogP contribution >= 0.6 is 23.2 Å². The van der Waals surface area contributed by atoms with E-state index in [-0.39, 0.29) is 10.0 Å². The Morgan fingerprint density at radius 3 is 2.53 bits per heavy atom. The zero-order chi connectivity index (χ0) is 12.4. The molecule has 4 N–H and O–H groups in total. The van der Waals surface area contributed by atoms with Crippen LogP contribution in [-0.4, -0.2) is 4.98 Å². The van der Waals surface area contributed by atoms with Gasteiger partial charge in [-0.1, -0.05) is 23.2 Å². The van der Waals surface area contributed by atoms with Crippen LogP contribution in [0.5, 0.6) is 11.5 Å². The summed E-state index contributed by atoms with van der Waals surface area (Å²) in [4.78, 5) is 3.85. The van der Waals surface area contributed by atoms with Crippen molar-refractivity contribution in [1.82, 2.24) is 4.98 Å². The number of benzene rings is 1. The number of pyridine rings is 1. The lowest BCUT2D eigenvalue weighted by Crippen LogP contribution is -1.93. The van der Waals surface area contributed by atoms with Crippen LogP contribution in [0.3, 0.4) is 0 Å². The van der Waals surface area contributed by atoms with Gasteiger partial charge in [-0.05, 0) is 18.2 Å². The van der Waals surface area contributed by atoms with Crippen molar-refractivity contribution in [2.75, 3.05) is 11.5 Å². The molecule has 0 bridgehead atoms. The Kier molecular flexibility index (Phi) is 3.26. The van der Waals surface area contributed by atoms with E-state index in [1.54, 1.807) is 24.3 Å². The van der Waals surface area contributed by atoms with Gasteiger partial charge in [0, 0.05) is 12.3 Å². The molecule has 17 heavy (non-hydrogen) atoms. The summed E-state index contributed by atoms with van der Waals surface area (Å²) in [5.41, 5.74) is 11.5. The fourth-order valence-corrected chi connectivity index (χ4v) is 1.61. The molecule has 2 rings (SSSR count). The van der Waals surface area contributed by atoms with Crippen LogP contribution in [0.15, 0.2) is 30.5 Å². The molecule has 0 aliphatic carbocycles. The number of nitrogens with two attached hydrogens (primary N) is 2. The Balaban J connectivity index is 2.34. The Labute approximate surface area is 108 Å². The fraction of sp³-hybridized carbons (Fsp3) is 0. The van der Waals surface area contributed by atoms with Crippen molar-refractivity contribution in [2.45, 2.75) is 0 Å². The molecule has 2 aromatic rings. The smallest absolute Gasteiger partial charge is 0.147 e. The van der Waals surface area contributed by atoms with Gasteiger partial charge in [-0.25, -0.2) is 4.98 Å². The quantitative estimate of drug-likeness (QED) is 0.820. The first-order valence-electron chi connectivity index (χ1n) is 4.71. The van der Waals surface area contributed by atoms with E-state index >= 15 is 0 Å². The molecule has 0 amide bonds. The standard InChI is InChI=1S/C11H9Cl2N3O/c12-10-7(14)1-2-8(11(10)13)17-6-3-4-16-9(15)5-6/h1-5H,14H2,(H2,15,16). The maximum absolute atomic E-state index is 6.00. The van der Waals surface area contributed by atoms with E-state index < -0.39 is 0 Å². The normalized spacial score (nSPS) is 10.2. The van der Waals surface area contributed by atoms with Gasteiger partial charge in [0.15, 0.2) is 0 Å². The summed E-state index contributed by atoms with van der Waals surface area (Å²) in [7, 11) is 0. The number of hydrogen-bond acceptors (Lipinski definition) is 4. The third-order valence-electron chi connectivity index (χ3n) is 2.06. The van der Waals surface area contributed by atoms with Gasteiger partial charge in [-0.2, -0.15) is 0 Å². The molecule has 0 radical (unpaired) electrons. The van der Waals surface area contributed by atoms with Gasteiger partial charge in [-0.3, -0.25) is 0 Å². The topological polar surface area (TPSA) is 74.2 Å². The Bertz CT molecular complexity index is 560. The molecule has 0 aliphatic heterocycles. The van der Waals surface area contributed by atoms with E-state index in [0.29, 0.717) is 23.0 Å². The molecule has 0 atom stereocenters. The zero-order valence-corrected chi connectivity index (χ0v) is 10.2. The Morgan fingerprint density at radius 2 is 1.82 bits per heavy atom. The first-order chi connectivity index (χ1) is 8.08. The van der Waals surface area contributed by atoms with Gasteiger partial charge >= 0.3 is 0 Å². The van der Waals surface area contributed by atoms with Crippen LogP contribution in [0, 0.1) is 0 Å². The highest BCUT2D eigenvalue weighted by Gasteiger charge is 2.10. The van der Waals surface area contributed by atoms with Gasteiger partial charge < -0.3 is 16.2 Å². The second-order valence-electron chi connectivity index (χ2n) is 3.30. The van der Waals surface area contributed by atoms with Crippen LogP contribution in [-0.2, 0) is 0 Å². The van der Waals surface area contributed by atoms with Crippen molar-refractivity contribution in [3.05, 3.63) is 40.5 Å². The summed E-state index contributed by atoms with van der Waals surface area (Å²) >= 11 is 11.9. The van der Waals surface area contributed by atoms with Crippen molar-refractivity contribution in [3.8, 4) is 11.5 Å². The molecule has 0 unspecified atom stereocenters. The van der Waals surface area contributed by atoms with Crippen LogP contribution in [0.4, 0.5) is 11.5 Å². The van der Waals surface area contributed by atoms with Gasteiger partial charge in [0.1, 0.15) is 22.3 Å². The van der Waals surface area contributed by atoms with Gasteiger partial charge in [0.05, 0.1) is 10.7 Å². The van der Waals surface area contributed by atoms with Crippen LogP contribution in [0.2, 0.25) is 10.0 Å². The van der Waals surface area contributed by atoms with Crippen molar-refractivity contribution in [1.29, 1.82) is 0 Å². The maximum atomic E-state index is 6.00. The molecule has 0 aliphatic rings. The summed E-state index contributed by atoms with van der Waals surface area (Å²) in [6.07, 6.45) is 1.54. The van der Waals surface area contributed by atoms with Crippen molar-refractivity contribution in [3.63, 3.8) is 0 Å². The highest BCUT2D eigenvalue weighted by Crippen LogP contribution is 2.38. The third-order valence-corrected chi connectivity index (χ3v) is 2.94.